The number of rotatable bonds is 6. The van der Waals surface area contributed by atoms with E-state index in [0.717, 1.165) is 59.4 Å². The van der Waals surface area contributed by atoms with Crippen molar-refractivity contribution in [2.75, 3.05) is 18.4 Å². The number of aromatic nitrogens is 3. The zero-order valence-corrected chi connectivity index (χ0v) is 17.5. The lowest BCUT2D eigenvalue weighted by atomic mass is 10.0. The highest BCUT2D eigenvalue weighted by atomic mass is 35.5. The lowest BCUT2D eigenvalue weighted by Crippen LogP contribution is -2.32. The van der Waals surface area contributed by atoms with Gasteiger partial charge >= 0.3 is 0 Å². The maximum absolute atomic E-state index is 13.2. The number of pyridine rings is 1. The Morgan fingerprint density at radius 1 is 1.20 bits per heavy atom. The molecule has 5 nitrogen and oxygen atoms in total. The van der Waals surface area contributed by atoms with Gasteiger partial charge in [-0.15, -0.1) is 0 Å². The van der Waals surface area contributed by atoms with E-state index in [1.54, 1.807) is 6.20 Å². The first-order valence-corrected chi connectivity index (χ1v) is 10.3. The highest BCUT2D eigenvalue weighted by molar-refractivity contribution is 6.29. The van der Waals surface area contributed by atoms with E-state index in [1.165, 1.54) is 12.1 Å². The van der Waals surface area contributed by atoms with Crippen LogP contribution in [0, 0.1) is 5.82 Å². The fourth-order valence-electron chi connectivity index (χ4n) is 3.50. The predicted octanol–water partition coefficient (Wildman–Crippen LogP) is 4.79. The normalized spacial score (nSPS) is 14.4. The van der Waals surface area contributed by atoms with Crippen molar-refractivity contribution in [2.45, 2.75) is 26.4 Å². The quantitative estimate of drug-likeness (QED) is 0.617. The summed E-state index contributed by atoms with van der Waals surface area (Å²) in [4.78, 5) is 16.3. The molecule has 0 aliphatic carbocycles. The Morgan fingerprint density at radius 3 is 2.77 bits per heavy atom. The van der Waals surface area contributed by atoms with Crippen LogP contribution in [0.15, 0.2) is 59.8 Å². The van der Waals surface area contributed by atoms with Gasteiger partial charge in [-0.1, -0.05) is 35.9 Å². The van der Waals surface area contributed by atoms with Crippen molar-refractivity contribution in [2.24, 2.45) is 0 Å². The summed E-state index contributed by atoms with van der Waals surface area (Å²) in [6.07, 6.45) is 4.48. The minimum Gasteiger partial charge on any atom is -0.366 e. The monoisotopic (exact) mass is 423 g/mol. The van der Waals surface area contributed by atoms with Crippen molar-refractivity contribution in [3.05, 3.63) is 82.4 Å². The Balaban J connectivity index is 1.61. The van der Waals surface area contributed by atoms with E-state index >= 15 is 0 Å². The largest absolute Gasteiger partial charge is 0.366 e. The van der Waals surface area contributed by atoms with E-state index in [9.17, 15) is 4.39 Å². The molecule has 2 aromatic heterocycles. The van der Waals surface area contributed by atoms with Gasteiger partial charge in [0.25, 0.3) is 0 Å². The standard InChI is InChI=1S/C23H23ClFN5/c1-16(24)9-12-27-22-19-15-30(14-17-5-7-18(25)8-6-17)13-10-20(19)28-23(29-22)21-4-2-3-11-26-21/h2-9,11H,10,12-15H2,1H3,(H,27,28,29). The van der Waals surface area contributed by atoms with E-state index in [0.29, 0.717) is 12.4 Å². The minimum absolute atomic E-state index is 0.215. The molecule has 1 N–H and O–H groups in total. The second-order valence-electron chi connectivity index (χ2n) is 7.29. The Hall–Kier alpha value is -2.83. The van der Waals surface area contributed by atoms with Crippen molar-refractivity contribution < 1.29 is 4.39 Å². The summed E-state index contributed by atoms with van der Waals surface area (Å²) < 4.78 is 13.2. The van der Waals surface area contributed by atoms with E-state index in [4.69, 9.17) is 21.6 Å². The lowest BCUT2D eigenvalue weighted by molar-refractivity contribution is 0.243. The molecule has 3 heterocycles. The molecule has 0 amide bonds. The Kier molecular flexibility index (Phi) is 6.35. The maximum Gasteiger partial charge on any atom is 0.180 e. The predicted molar refractivity (Wildman–Crippen MR) is 118 cm³/mol. The third-order valence-electron chi connectivity index (χ3n) is 5.01. The summed E-state index contributed by atoms with van der Waals surface area (Å²) in [6, 6.07) is 12.4. The molecule has 7 heteroatoms. The van der Waals surface area contributed by atoms with Gasteiger partial charge in [-0.3, -0.25) is 9.88 Å². The first-order valence-electron chi connectivity index (χ1n) is 9.92. The second kappa shape index (κ2) is 9.32. The first-order chi connectivity index (χ1) is 14.6. The van der Waals surface area contributed by atoms with Crippen LogP contribution in [0.4, 0.5) is 10.2 Å². The zero-order valence-electron chi connectivity index (χ0n) is 16.8. The molecule has 0 fully saturated rings. The Labute approximate surface area is 180 Å². The molecule has 0 radical (unpaired) electrons. The average molecular weight is 424 g/mol. The summed E-state index contributed by atoms with van der Waals surface area (Å²) in [5.74, 6) is 1.21. The molecule has 4 rings (SSSR count). The van der Waals surface area contributed by atoms with Gasteiger partial charge in [0.1, 0.15) is 17.3 Å². The molecule has 0 unspecified atom stereocenters. The van der Waals surface area contributed by atoms with E-state index < -0.39 is 0 Å². The second-order valence-corrected chi connectivity index (χ2v) is 7.89. The molecule has 0 spiro atoms. The van der Waals surface area contributed by atoms with Crippen molar-refractivity contribution >= 4 is 17.4 Å². The molecule has 0 atom stereocenters. The van der Waals surface area contributed by atoms with Crippen LogP contribution < -0.4 is 5.32 Å². The number of nitrogens with one attached hydrogen (secondary N) is 1. The fourth-order valence-corrected chi connectivity index (χ4v) is 3.57. The summed E-state index contributed by atoms with van der Waals surface area (Å²) in [5.41, 5.74) is 3.96. The van der Waals surface area contributed by atoms with Gasteiger partial charge in [-0.05, 0) is 36.8 Å². The van der Waals surface area contributed by atoms with E-state index in [2.05, 4.69) is 15.2 Å². The van der Waals surface area contributed by atoms with Crippen LogP contribution in [0.2, 0.25) is 0 Å². The highest BCUT2D eigenvalue weighted by Gasteiger charge is 2.23. The number of allylic oxidation sites excluding steroid dienone is 1. The van der Waals surface area contributed by atoms with Gasteiger partial charge in [0, 0.05) is 49.4 Å². The SMILES string of the molecule is CC(Cl)=CCNc1nc(-c2ccccn2)nc2c1CN(Cc1ccc(F)cc1)CC2. The number of halogens is 2. The van der Waals surface area contributed by atoms with Gasteiger partial charge < -0.3 is 5.32 Å². The number of fused-ring (bicyclic) bond motifs is 1. The molecule has 3 aromatic rings. The first kappa shape index (κ1) is 20.4. The van der Waals surface area contributed by atoms with Crippen LogP contribution in [0.25, 0.3) is 11.5 Å². The lowest BCUT2D eigenvalue weighted by Gasteiger charge is -2.29. The molecule has 1 aromatic carbocycles. The Bertz CT molecular complexity index is 1030. The summed E-state index contributed by atoms with van der Waals surface area (Å²) in [6.45, 7) is 4.78. The van der Waals surface area contributed by atoms with Crippen molar-refractivity contribution in [1.82, 2.24) is 19.9 Å². The molecule has 0 saturated carbocycles. The van der Waals surface area contributed by atoms with Gasteiger partial charge in [0.15, 0.2) is 5.82 Å². The highest BCUT2D eigenvalue weighted by Crippen LogP contribution is 2.27. The number of hydrogen-bond acceptors (Lipinski definition) is 5. The average Bonchev–Trinajstić information content (AvgIpc) is 2.76. The minimum atomic E-state index is -0.215. The molecular formula is C23H23ClFN5. The van der Waals surface area contributed by atoms with Gasteiger partial charge in [-0.2, -0.15) is 0 Å². The molecule has 1 aliphatic rings. The molecule has 1 aliphatic heterocycles. The van der Waals surface area contributed by atoms with Crippen molar-refractivity contribution in [1.29, 1.82) is 0 Å². The number of anilines is 1. The number of nitrogens with zero attached hydrogens (tertiary/aromatic N) is 4. The third-order valence-corrected chi connectivity index (χ3v) is 5.16. The molecule has 0 bridgehead atoms. The number of hydrogen-bond donors (Lipinski definition) is 1. The van der Waals surface area contributed by atoms with Gasteiger partial charge in [0.05, 0.1) is 5.69 Å². The van der Waals surface area contributed by atoms with Crippen LogP contribution in [-0.4, -0.2) is 32.9 Å². The molecular weight excluding hydrogens is 401 g/mol. The topological polar surface area (TPSA) is 53.9 Å². The van der Waals surface area contributed by atoms with Crippen LogP contribution in [-0.2, 0) is 19.5 Å². The van der Waals surface area contributed by atoms with Crippen LogP contribution >= 0.6 is 11.6 Å². The maximum atomic E-state index is 13.2. The van der Waals surface area contributed by atoms with E-state index in [-0.39, 0.29) is 5.82 Å². The van der Waals surface area contributed by atoms with Crippen LogP contribution in [0.5, 0.6) is 0 Å². The van der Waals surface area contributed by atoms with Crippen molar-refractivity contribution in [3.8, 4) is 11.5 Å². The molecule has 0 saturated heterocycles. The summed E-state index contributed by atoms with van der Waals surface area (Å²) in [5, 5.41) is 4.12. The summed E-state index contributed by atoms with van der Waals surface area (Å²) in [7, 11) is 0. The van der Waals surface area contributed by atoms with E-state index in [1.807, 2.05) is 43.3 Å². The fraction of sp³-hybridized carbons (Fsp3) is 0.261. The summed E-state index contributed by atoms with van der Waals surface area (Å²) >= 11 is 5.98. The molecule has 154 valence electrons. The molecule has 30 heavy (non-hydrogen) atoms. The Morgan fingerprint density at radius 2 is 2.03 bits per heavy atom. The van der Waals surface area contributed by atoms with Gasteiger partial charge in [-0.25, -0.2) is 14.4 Å². The van der Waals surface area contributed by atoms with Crippen molar-refractivity contribution in [3.63, 3.8) is 0 Å². The number of benzene rings is 1. The smallest absolute Gasteiger partial charge is 0.180 e. The zero-order chi connectivity index (χ0) is 20.9. The third kappa shape index (κ3) is 5.01. The van der Waals surface area contributed by atoms with Crippen LogP contribution in [0.1, 0.15) is 23.7 Å². The van der Waals surface area contributed by atoms with Gasteiger partial charge in [0.2, 0.25) is 0 Å². The van der Waals surface area contributed by atoms with Crippen LogP contribution in [0.3, 0.4) is 0 Å².